The van der Waals surface area contributed by atoms with Gasteiger partial charge in [0.1, 0.15) is 12.2 Å². The van der Waals surface area contributed by atoms with Gasteiger partial charge in [-0.2, -0.15) is 5.10 Å². The third kappa shape index (κ3) is 4.82. The summed E-state index contributed by atoms with van der Waals surface area (Å²) in [6.45, 7) is 3.12. The molecule has 2 aromatic rings. The van der Waals surface area contributed by atoms with E-state index < -0.39 is 0 Å². The molecule has 0 aromatic carbocycles. The van der Waals surface area contributed by atoms with Crippen LogP contribution in [0.3, 0.4) is 0 Å². The number of nitrogens with one attached hydrogen (secondary N) is 2. The van der Waals surface area contributed by atoms with Crippen LogP contribution in [-0.2, 0) is 17.8 Å². The molecule has 7 nitrogen and oxygen atoms in total. The lowest BCUT2D eigenvalue weighted by Gasteiger charge is -2.06. The van der Waals surface area contributed by atoms with Crippen molar-refractivity contribution in [3.05, 3.63) is 32.9 Å². The number of H-pyrrole nitrogens is 1. The lowest BCUT2D eigenvalue weighted by atomic mass is 10.2. The maximum atomic E-state index is 11.7. The van der Waals surface area contributed by atoms with Crippen LogP contribution in [0.4, 0.5) is 0 Å². The van der Waals surface area contributed by atoms with Gasteiger partial charge in [0.15, 0.2) is 0 Å². The molecule has 1 amide bonds. The predicted molar refractivity (Wildman–Crippen MR) is 80.3 cm³/mol. The van der Waals surface area contributed by atoms with Gasteiger partial charge in [-0.3, -0.25) is 14.7 Å². The number of aromatic nitrogens is 4. The van der Waals surface area contributed by atoms with Gasteiger partial charge in [0, 0.05) is 37.0 Å². The van der Waals surface area contributed by atoms with E-state index in [9.17, 15) is 9.59 Å². The van der Waals surface area contributed by atoms with Gasteiger partial charge in [-0.15, -0.1) is 0 Å². The average molecular weight is 309 g/mol. The average Bonchev–Trinajstić information content (AvgIpc) is 3.08. The van der Waals surface area contributed by atoms with Crippen molar-refractivity contribution < 1.29 is 4.79 Å². The Kier molecular flexibility index (Phi) is 5.68. The van der Waals surface area contributed by atoms with Crippen LogP contribution in [0.1, 0.15) is 30.8 Å². The van der Waals surface area contributed by atoms with Crippen molar-refractivity contribution in [3.63, 3.8) is 0 Å². The molecule has 2 N–H and O–H groups in total. The first-order chi connectivity index (χ1) is 10.2. The first-order valence-corrected chi connectivity index (χ1v) is 7.80. The molecule has 0 radical (unpaired) electrons. The number of hydrogen-bond donors (Lipinski definition) is 2. The van der Waals surface area contributed by atoms with Crippen molar-refractivity contribution in [2.75, 3.05) is 6.54 Å². The van der Waals surface area contributed by atoms with E-state index >= 15 is 0 Å². The summed E-state index contributed by atoms with van der Waals surface area (Å²) in [5.74, 6) is 0.852. The molecule has 0 spiro atoms. The number of carbonyl (C=O) groups excluding carboxylic acids is 1. The number of rotatable bonds is 8. The summed E-state index contributed by atoms with van der Waals surface area (Å²) >= 11 is 1.20. The molecule has 8 heteroatoms. The Morgan fingerprint density at radius 1 is 1.48 bits per heavy atom. The molecule has 0 bridgehead atoms. The van der Waals surface area contributed by atoms with Gasteiger partial charge in [-0.25, -0.2) is 4.98 Å². The predicted octanol–water partition coefficient (Wildman–Crippen LogP) is 0.866. The molecule has 0 atom stereocenters. The second-order valence-electron chi connectivity index (χ2n) is 4.78. The number of amides is 1. The fourth-order valence-electron chi connectivity index (χ4n) is 2.00. The summed E-state index contributed by atoms with van der Waals surface area (Å²) in [6, 6.07) is 0. The molecule has 0 saturated carbocycles. The topological polar surface area (TPSA) is 92.7 Å². The van der Waals surface area contributed by atoms with Crippen LogP contribution in [0.5, 0.6) is 0 Å². The minimum Gasteiger partial charge on any atom is -0.356 e. The molecular formula is C13H19N5O2S. The Morgan fingerprint density at radius 2 is 2.33 bits per heavy atom. The molecule has 0 saturated heterocycles. The van der Waals surface area contributed by atoms with E-state index in [1.807, 2.05) is 12.3 Å². The highest BCUT2D eigenvalue weighted by molar-refractivity contribution is 7.07. The summed E-state index contributed by atoms with van der Waals surface area (Å²) in [5.41, 5.74) is 0.956. The molecule has 114 valence electrons. The summed E-state index contributed by atoms with van der Waals surface area (Å²) in [4.78, 5) is 27.2. The number of aromatic amines is 1. The van der Waals surface area contributed by atoms with Gasteiger partial charge >= 0.3 is 4.87 Å². The highest BCUT2D eigenvalue weighted by Gasteiger charge is 2.05. The zero-order chi connectivity index (χ0) is 15.1. The largest absolute Gasteiger partial charge is 0.356 e. The molecule has 0 aliphatic rings. The van der Waals surface area contributed by atoms with Gasteiger partial charge in [0.25, 0.3) is 0 Å². The number of hydrogen-bond acceptors (Lipinski definition) is 5. The third-order valence-electron chi connectivity index (χ3n) is 3.14. The van der Waals surface area contributed by atoms with Crippen molar-refractivity contribution in [3.8, 4) is 0 Å². The third-order valence-corrected chi connectivity index (χ3v) is 4.02. The van der Waals surface area contributed by atoms with Crippen LogP contribution >= 0.6 is 11.3 Å². The molecule has 0 aliphatic carbocycles. The fourth-order valence-corrected chi connectivity index (χ4v) is 2.76. The Balaban J connectivity index is 1.58. The molecule has 21 heavy (non-hydrogen) atoms. The Bertz CT molecular complexity index is 617. The molecule has 0 unspecified atom stereocenters. The molecule has 2 heterocycles. The maximum Gasteiger partial charge on any atom is 0.307 e. The Morgan fingerprint density at radius 3 is 3.00 bits per heavy atom. The van der Waals surface area contributed by atoms with Crippen LogP contribution in [0, 0.1) is 6.92 Å². The number of nitrogens with zero attached hydrogens (tertiary/aromatic N) is 3. The monoisotopic (exact) mass is 309 g/mol. The quantitative estimate of drug-likeness (QED) is 0.708. The van der Waals surface area contributed by atoms with Crippen molar-refractivity contribution >= 4 is 17.2 Å². The standard InChI is InChI=1S/C13H19N5O2S/c1-10-8-21-13(20)18(10)7-3-5-12(19)14-6-2-4-11-15-9-16-17-11/h8-9H,2-7H2,1H3,(H,14,19)(H,15,16,17). The minimum absolute atomic E-state index is 0.0218. The van der Waals surface area contributed by atoms with Crippen molar-refractivity contribution in [1.29, 1.82) is 0 Å². The number of aryl methyl sites for hydroxylation is 2. The van der Waals surface area contributed by atoms with E-state index in [1.165, 1.54) is 17.7 Å². The van der Waals surface area contributed by atoms with E-state index in [2.05, 4.69) is 20.5 Å². The van der Waals surface area contributed by atoms with Crippen molar-refractivity contribution in [1.82, 2.24) is 25.1 Å². The lowest BCUT2D eigenvalue weighted by Crippen LogP contribution is -2.25. The Hall–Kier alpha value is -1.96. The lowest BCUT2D eigenvalue weighted by molar-refractivity contribution is -0.121. The second-order valence-corrected chi connectivity index (χ2v) is 5.60. The maximum absolute atomic E-state index is 11.7. The zero-order valence-electron chi connectivity index (χ0n) is 12.0. The van der Waals surface area contributed by atoms with Gasteiger partial charge in [-0.1, -0.05) is 11.3 Å². The SMILES string of the molecule is Cc1csc(=O)n1CCCC(=O)NCCCc1ncn[nH]1. The summed E-state index contributed by atoms with van der Waals surface area (Å²) in [5, 5.41) is 11.3. The molecule has 2 aromatic heterocycles. The van der Waals surface area contributed by atoms with Gasteiger partial charge in [0.05, 0.1) is 0 Å². The normalized spacial score (nSPS) is 10.7. The molecule has 0 fully saturated rings. The van der Waals surface area contributed by atoms with E-state index in [0.717, 1.165) is 24.4 Å². The van der Waals surface area contributed by atoms with Gasteiger partial charge in [0.2, 0.25) is 5.91 Å². The van der Waals surface area contributed by atoms with Crippen LogP contribution in [0.15, 0.2) is 16.5 Å². The van der Waals surface area contributed by atoms with Crippen LogP contribution in [0.25, 0.3) is 0 Å². The van der Waals surface area contributed by atoms with E-state index in [-0.39, 0.29) is 10.8 Å². The molecular weight excluding hydrogens is 290 g/mol. The number of carbonyl (C=O) groups is 1. The summed E-state index contributed by atoms with van der Waals surface area (Å²) < 4.78 is 1.71. The Labute approximate surface area is 126 Å². The van der Waals surface area contributed by atoms with Crippen LogP contribution in [-0.4, -0.2) is 32.2 Å². The second kappa shape index (κ2) is 7.72. The van der Waals surface area contributed by atoms with Crippen LogP contribution < -0.4 is 10.2 Å². The first kappa shape index (κ1) is 15.4. The molecule has 2 rings (SSSR count). The van der Waals surface area contributed by atoms with E-state index in [4.69, 9.17) is 0 Å². The van der Waals surface area contributed by atoms with Crippen LogP contribution in [0.2, 0.25) is 0 Å². The summed E-state index contributed by atoms with van der Waals surface area (Å²) in [7, 11) is 0. The van der Waals surface area contributed by atoms with Crippen molar-refractivity contribution in [2.45, 2.75) is 39.2 Å². The highest BCUT2D eigenvalue weighted by Crippen LogP contribution is 2.02. The minimum atomic E-state index is 0.0218. The first-order valence-electron chi connectivity index (χ1n) is 6.92. The fraction of sp³-hybridized carbons (Fsp3) is 0.538. The van der Waals surface area contributed by atoms with Gasteiger partial charge < -0.3 is 9.88 Å². The smallest absolute Gasteiger partial charge is 0.307 e. The van der Waals surface area contributed by atoms with Crippen molar-refractivity contribution in [2.24, 2.45) is 0 Å². The zero-order valence-corrected chi connectivity index (χ0v) is 12.8. The van der Waals surface area contributed by atoms with E-state index in [1.54, 1.807) is 4.57 Å². The summed E-state index contributed by atoms with van der Waals surface area (Å²) in [6.07, 6.45) is 4.17. The highest BCUT2D eigenvalue weighted by atomic mass is 32.1. The number of thiazole rings is 1. The van der Waals surface area contributed by atoms with Gasteiger partial charge in [-0.05, 0) is 19.8 Å². The van der Waals surface area contributed by atoms with E-state index in [0.29, 0.717) is 25.9 Å². The molecule has 0 aliphatic heterocycles.